The molecule has 3 aromatic rings. The van der Waals surface area contributed by atoms with Crippen LogP contribution >= 0.6 is 0 Å². The van der Waals surface area contributed by atoms with Crippen LogP contribution in [0.5, 0.6) is 0 Å². The lowest BCUT2D eigenvalue weighted by atomic mass is 9.93. The third-order valence-electron chi connectivity index (χ3n) is 5.18. The van der Waals surface area contributed by atoms with Crippen LogP contribution in [0.25, 0.3) is 11.3 Å². The van der Waals surface area contributed by atoms with Gasteiger partial charge in [0.05, 0.1) is 23.3 Å². The van der Waals surface area contributed by atoms with Crippen LogP contribution in [0.2, 0.25) is 0 Å². The zero-order valence-corrected chi connectivity index (χ0v) is 17.8. The smallest absolute Gasteiger partial charge is 0.0820 e. The molecule has 144 valence electrons. The molecule has 1 aromatic heterocycles. The summed E-state index contributed by atoms with van der Waals surface area (Å²) < 4.78 is 0. The van der Waals surface area contributed by atoms with Gasteiger partial charge in [0.1, 0.15) is 0 Å². The van der Waals surface area contributed by atoms with Gasteiger partial charge in [0, 0.05) is 5.56 Å². The molecule has 0 spiro atoms. The van der Waals surface area contributed by atoms with Gasteiger partial charge in [-0.05, 0) is 60.1 Å². The van der Waals surface area contributed by atoms with Crippen LogP contribution in [0, 0.1) is 13.8 Å². The van der Waals surface area contributed by atoms with E-state index in [1.54, 1.807) is 0 Å². The van der Waals surface area contributed by atoms with Crippen molar-refractivity contribution < 1.29 is 0 Å². The number of benzene rings is 2. The Labute approximate surface area is 169 Å². The Kier molecular flexibility index (Phi) is 6.08. The molecule has 0 amide bonds. The van der Waals surface area contributed by atoms with Crippen LogP contribution in [-0.2, 0) is 0 Å². The summed E-state index contributed by atoms with van der Waals surface area (Å²) in [5, 5.41) is 0. The van der Waals surface area contributed by atoms with Crippen molar-refractivity contribution >= 4 is 11.9 Å². The van der Waals surface area contributed by atoms with Crippen molar-refractivity contribution in [1.29, 1.82) is 0 Å². The van der Waals surface area contributed by atoms with E-state index < -0.39 is 0 Å². The maximum absolute atomic E-state index is 4.91. The highest BCUT2D eigenvalue weighted by Crippen LogP contribution is 2.34. The second-order valence-corrected chi connectivity index (χ2v) is 8.07. The summed E-state index contributed by atoms with van der Waals surface area (Å²) in [4.78, 5) is 9.79. The Hall–Kier alpha value is -2.74. The largest absolute Gasteiger partial charge is 0.254 e. The summed E-state index contributed by atoms with van der Waals surface area (Å²) in [6.07, 6.45) is 1.91. The maximum atomic E-state index is 4.91. The Morgan fingerprint density at radius 3 is 1.86 bits per heavy atom. The van der Waals surface area contributed by atoms with Gasteiger partial charge in [-0.25, -0.2) is 4.98 Å². The van der Waals surface area contributed by atoms with Crippen LogP contribution in [0.4, 0.5) is 5.69 Å². The molecule has 0 N–H and O–H groups in total. The predicted octanol–water partition coefficient (Wildman–Crippen LogP) is 7.36. The molecule has 0 bridgehead atoms. The van der Waals surface area contributed by atoms with Crippen molar-refractivity contribution in [2.45, 2.75) is 53.4 Å². The molecule has 28 heavy (non-hydrogen) atoms. The lowest BCUT2D eigenvalue weighted by Gasteiger charge is -2.16. The first-order valence-corrected chi connectivity index (χ1v) is 10.1. The van der Waals surface area contributed by atoms with Gasteiger partial charge < -0.3 is 0 Å². The average molecular weight is 371 g/mol. The van der Waals surface area contributed by atoms with Gasteiger partial charge in [-0.1, -0.05) is 70.2 Å². The highest BCUT2D eigenvalue weighted by atomic mass is 14.8. The molecule has 2 aromatic carbocycles. The first-order chi connectivity index (χ1) is 13.4. The molecular formula is C26H30N2. The van der Waals surface area contributed by atoms with Crippen LogP contribution in [0.15, 0.2) is 59.6 Å². The summed E-state index contributed by atoms with van der Waals surface area (Å²) in [5.41, 5.74) is 9.24. The molecule has 0 atom stereocenters. The predicted molar refractivity (Wildman–Crippen MR) is 121 cm³/mol. The van der Waals surface area contributed by atoms with Crippen molar-refractivity contribution in [1.82, 2.24) is 4.98 Å². The minimum Gasteiger partial charge on any atom is -0.254 e. The van der Waals surface area contributed by atoms with Crippen molar-refractivity contribution in [2.24, 2.45) is 4.99 Å². The zero-order valence-electron chi connectivity index (χ0n) is 17.8. The Morgan fingerprint density at radius 2 is 1.29 bits per heavy atom. The SMILES string of the molecule is Cc1cccc(C)c1-c1cccc(/C=N/c2c(C(C)C)cccc2C(C)C)n1. The fraction of sp³-hybridized carbons (Fsp3) is 0.308. The second kappa shape index (κ2) is 8.52. The van der Waals surface area contributed by atoms with E-state index in [4.69, 9.17) is 9.98 Å². The van der Waals surface area contributed by atoms with Gasteiger partial charge in [-0.2, -0.15) is 0 Å². The molecule has 2 heteroatoms. The van der Waals surface area contributed by atoms with Gasteiger partial charge in [0.2, 0.25) is 0 Å². The molecule has 0 aliphatic heterocycles. The standard InChI is InChI=1S/C26H30N2/c1-17(2)22-13-9-14-23(18(3)4)26(22)27-16-21-12-8-15-24(28-21)25-19(5)10-7-11-20(25)6/h7-18H,1-6H3/b27-16+. The van der Waals surface area contributed by atoms with Crippen LogP contribution < -0.4 is 0 Å². The van der Waals surface area contributed by atoms with E-state index in [0.717, 1.165) is 17.1 Å². The van der Waals surface area contributed by atoms with Gasteiger partial charge >= 0.3 is 0 Å². The zero-order chi connectivity index (χ0) is 20.3. The first kappa shape index (κ1) is 20.0. The van der Waals surface area contributed by atoms with Gasteiger partial charge in [0.15, 0.2) is 0 Å². The number of nitrogens with zero attached hydrogens (tertiary/aromatic N) is 2. The van der Waals surface area contributed by atoms with E-state index in [0.29, 0.717) is 11.8 Å². The van der Waals surface area contributed by atoms with Crippen LogP contribution in [0.3, 0.4) is 0 Å². The lowest BCUT2D eigenvalue weighted by molar-refractivity contribution is 0.835. The maximum Gasteiger partial charge on any atom is 0.0820 e. The summed E-state index contributed by atoms with van der Waals surface area (Å²) >= 11 is 0. The minimum absolute atomic E-state index is 0.430. The summed E-state index contributed by atoms with van der Waals surface area (Å²) in [6.45, 7) is 13.2. The molecule has 0 unspecified atom stereocenters. The Bertz CT molecular complexity index is 951. The van der Waals surface area contributed by atoms with Crippen molar-refractivity contribution in [3.05, 3.63) is 82.5 Å². The molecule has 0 saturated carbocycles. The van der Waals surface area contributed by atoms with Gasteiger partial charge in [-0.15, -0.1) is 0 Å². The van der Waals surface area contributed by atoms with E-state index >= 15 is 0 Å². The number of para-hydroxylation sites is 1. The minimum atomic E-state index is 0.430. The summed E-state index contributed by atoms with van der Waals surface area (Å²) in [5.74, 6) is 0.861. The third-order valence-corrected chi connectivity index (χ3v) is 5.18. The molecule has 1 heterocycles. The second-order valence-electron chi connectivity index (χ2n) is 8.07. The lowest BCUT2D eigenvalue weighted by Crippen LogP contribution is -1.97. The Balaban J connectivity index is 2.03. The number of pyridine rings is 1. The fourth-order valence-electron chi connectivity index (χ4n) is 3.67. The molecular weight excluding hydrogens is 340 g/mol. The quantitative estimate of drug-likeness (QED) is 0.431. The fourth-order valence-corrected chi connectivity index (χ4v) is 3.67. The van der Waals surface area contributed by atoms with E-state index in [-0.39, 0.29) is 0 Å². The third kappa shape index (κ3) is 4.22. The first-order valence-electron chi connectivity index (χ1n) is 10.1. The number of aromatic nitrogens is 1. The summed E-state index contributed by atoms with van der Waals surface area (Å²) in [7, 11) is 0. The highest BCUT2D eigenvalue weighted by molar-refractivity contribution is 5.82. The molecule has 0 saturated heterocycles. The molecule has 0 radical (unpaired) electrons. The topological polar surface area (TPSA) is 25.2 Å². The van der Waals surface area contributed by atoms with Crippen LogP contribution in [0.1, 0.15) is 67.5 Å². The van der Waals surface area contributed by atoms with E-state index in [9.17, 15) is 0 Å². The van der Waals surface area contributed by atoms with Crippen molar-refractivity contribution in [3.63, 3.8) is 0 Å². The number of rotatable bonds is 5. The highest BCUT2D eigenvalue weighted by Gasteiger charge is 2.13. The van der Waals surface area contributed by atoms with E-state index in [1.807, 2.05) is 12.3 Å². The summed E-state index contributed by atoms with van der Waals surface area (Å²) in [6, 6.07) is 19.0. The number of hydrogen-bond donors (Lipinski definition) is 0. The Morgan fingerprint density at radius 1 is 0.750 bits per heavy atom. The normalized spacial score (nSPS) is 11.7. The number of aliphatic imine (C=N–C) groups is 1. The van der Waals surface area contributed by atoms with Crippen LogP contribution in [-0.4, -0.2) is 11.2 Å². The molecule has 3 rings (SSSR count). The molecule has 0 aliphatic rings. The van der Waals surface area contributed by atoms with Gasteiger partial charge in [-0.3, -0.25) is 4.99 Å². The number of aryl methyl sites for hydroxylation is 2. The van der Waals surface area contributed by atoms with Crippen molar-refractivity contribution in [3.8, 4) is 11.3 Å². The van der Waals surface area contributed by atoms with Gasteiger partial charge in [0.25, 0.3) is 0 Å². The molecule has 0 aliphatic carbocycles. The van der Waals surface area contributed by atoms with Crippen molar-refractivity contribution in [2.75, 3.05) is 0 Å². The molecule has 2 nitrogen and oxygen atoms in total. The average Bonchev–Trinajstić information content (AvgIpc) is 2.66. The molecule has 0 fully saturated rings. The van der Waals surface area contributed by atoms with E-state index in [1.165, 1.54) is 27.8 Å². The monoisotopic (exact) mass is 370 g/mol. The van der Waals surface area contributed by atoms with E-state index in [2.05, 4.69) is 90.1 Å². The number of hydrogen-bond acceptors (Lipinski definition) is 2.